The first-order valence-corrected chi connectivity index (χ1v) is 9.02. The highest BCUT2D eigenvalue weighted by atomic mass is 35.5. The van der Waals surface area contributed by atoms with E-state index in [2.05, 4.69) is 0 Å². The summed E-state index contributed by atoms with van der Waals surface area (Å²) in [5.41, 5.74) is -0.0415. The van der Waals surface area contributed by atoms with Crippen LogP contribution in [-0.4, -0.2) is 37.5 Å². The van der Waals surface area contributed by atoms with Crippen LogP contribution in [0.4, 0.5) is 0 Å². The number of rotatable bonds is 4. The van der Waals surface area contributed by atoms with Gasteiger partial charge in [-0.3, -0.25) is 0 Å². The molecule has 0 spiro atoms. The van der Waals surface area contributed by atoms with Crippen molar-refractivity contribution >= 4 is 21.6 Å². The Hall–Kier alpha value is -1.13. The molecule has 1 N–H and O–H groups in total. The number of hydrogen-bond donors (Lipinski definition) is 1. The van der Waals surface area contributed by atoms with E-state index in [-0.39, 0.29) is 27.9 Å². The first-order chi connectivity index (χ1) is 10.4. The second-order valence-corrected chi connectivity index (χ2v) is 8.04. The summed E-state index contributed by atoms with van der Waals surface area (Å²) < 4.78 is 26.6. The lowest BCUT2D eigenvalue weighted by molar-refractivity contribution is 0.0620. The van der Waals surface area contributed by atoms with Crippen molar-refractivity contribution in [2.45, 2.75) is 36.7 Å². The standard InChI is InChI=1S/C15H19ClN2O3S/c1-18(10-11-5-2-3-7-14(11)19)22(20,21)15-8-4-6-13(16)12(15)9-17/h4,6,8,11,14,19H,2-3,5,7,10H2,1H3. The molecule has 0 aliphatic heterocycles. The van der Waals surface area contributed by atoms with E-state index in [9.17, 15) is 13.5 Å². The molecule has 0 saturated heterocycles. The van der Waals surface area contributed by atoms with Crippen LogP contribution in [0.25, 0.3) is 0 Å². The maximum absolute atomic E-state index is 12.7. The van der Waals surface area contributed by atoms with Gasteiger partial charge < -0.3 is 5.11 Å². The van der Waals surface area contributed by atoms with Crippen molar-refractivity contribution in [3.63, 3.8) is 0 Å². The van der Waals surface area contributed by atoms with E-state index in [1.54, 1.807) is 0 Å². The Balaban J connectivity index is 2.27. The summed E-state index contributed by atoms with van der Waals surface area (Å²) in [6.45, 7) is 0.237. The molecule has 1 aliphatic carbocycles. The first-order valence-electron chi connectivity index (χ1n) is 7.21. The smallest absolute Gasteiger partial charge is 0.244 e. The third-order valence-electron chi connectivity index (χ3n) is 4.14. The summed E-state index contributed by atoms with van der Waals surface area (Å²) in [6, 6.07) is 6.24. The Bertz CT molecular complexity index is 685. The fourth-order valence-electron chi connectivity index (χ4n) is 2.83. The van der Waals surface area contributed by atoms with Crippen LogP contribution in [0, 0.1) is 17.2 Å². The van der Waals surface area contributed by atoms with E-state index in [4.69, 9.17) is 16.9 Å². The van der Waals surface area contributed by atoms with Crippen molar-refractivity contribution in [3.8, 4) is 6.07 Å². The van der Waals surface area contributed by atoms with Gasteiger partial charge in [-0.2, -0.15) is 5.26 Å². The molecule has 1 aliphatic rings. The highest BCUT2D eigenvalue weighted by molar-refractivity contribution is 7.89. The second-order valence-electron chi connectivity index (χ2n) is 5.62. The molecule has 0 amide bonds. The number of benzene rings is 1. The van der Waals surface area contributed by atoms with E-state index < -0.39 is 16.1 Å². The van der Waals surface area contributed by atoms with Gasteiger partial charge in [0.05, 0.1) is 16.7 Å². The maximum Gasteiger partial charge on any atom is 0.244 e. The van der Waals surface area contributed by atoms with Gasteiger partial charge in [-0.05, 0) is 30.9 Å². The minimum atomic E-state index is -3.81. The minimum Gasteiger partial charge on any atom is -0.393 e. The molecular formula is C15H19ClN2O3S. The van der Waals surface area contributed by atoms with E-state index in [0.717, 1.165) is 19.3 Å². The summed E-state index contributed by atoms with van der Waals surface area (Å²) in [5.74, 6) is -0.0711. The first kappa shape index (κ1) is 17.2. The van der Waals surface area contributed by atoms with E-state index in [0.29, 0.717) is 6.42 Å². The summed E-state index contributed by atoms with van der Waals surface area (Å²) in [4.78, 5) is -0.0877. The average molecular weight is 343 g/mol. The molecule has 2 atom stereocenters. The molecule has 0 heterocycles. The molecule has 2 rings (SSSR count). The molecule has 120 valence electrons. The average Bonchev–Trinajstić information content (AvgIpc) is 2.49. The monoisotopic (exact) mass is 342 g/mol. The highest BCUT2D eigenvalue weighted by Crippen LogP contribution is 2.29. The van der Waals surface area contributed by atoms with Gasteiger partial charge in [0.15, 0.2) is 0 Å². The fourth-order valence-corrected chi connectivity index (χ4v) is 4.49. The number of nitrogens with zero attached hydrogens (tertiary/aromatic N) is 2. The summed E-state index contributed by atoms with van der Waals surface area (Å²) in [5, 5.41) is 19.3. The normalized spacial score (nSPS) is 22.5. The van der Waals surface area contributed by atoms with Crippen LogP contribution < -0.4 is 0 Å². The molecule has 5 nitrogen and oxygen atoms in total. The molecule has 0 bridgehead atoms. The SMILES string of the molecule is CN(CC1CCCCC1O)S(=O)(=O)c1cccc(Cl)c1C#N. The quantitative estimate of drug-likeness (QED) is 0.910. The zero-order valence-electron chi connectivity index (χ0n) is 12.4. The lowest BCUT2D eigenvalue weighted by Gasteiger charge is -2.30. The van der Waals surface area contributed by atoms with Crippen molar-refractivity contribution in [3.05, 3.63) is 28.8 Å². The van der Waals surface area contributed by atoms with Gasteiger partial charge >= 0.3 is 0 Å². The van der Waals surface area contributed by atoms with Crippen molar-refractivity contribution in [1.82, 2.24) is 4.31 Å². The Labute approximate surface area is 136 Å². The van der Waals surface area contributed by atoms with Crippen LogP contribution in [0.15, 0.2) is 23.1 Å². The predicted molar refractivity (Wildman–Crippen MR) is 83.9 cm³/mol. The third-order valence-corrected chi connectivity index (χ3v) is 6.32. The third kappa shape index (κ3) is 3.44. The fraction of sp³-hybridized carbons (Fsp3) is 0.533. The lowest BCUT2D eigenvalue weighted by atomic mass is 9.86. The topological polar surface area (TPSA) is 81.4 Å². The van der Waals surface area contributed by atoms with Gasteiger partial charge in [0.1, 0.15) is 11.0 Å². The Kier molecular flexibility index (Phi) is 5.45. The van der Waals surface area contributed by atoms with Gasteiger partial charge in [0.25, 0.3) is 0 Å². The Morgan fingerprint density at radius 1 is 1.41 bits per heavy atom. The molecule has 22 heavy (non-hydrogen) atoms. The summed E-state index contributed by atoms with van der Waals surface area (Å²) in [7, 11) is -2.34. The van der Waals surface area contributed by atoms with Crippen LogP contribution in [-0.2, 0) is 10.0 Å². The Morgan fingerprint density at radius 2 is 2.09 bits per heavy atom. The van der Waals surface area contributed by atoms with Gasteiger partial charge in [0, 0.05) is 13.6 Å². The molecule has 1 saturated carbocycles. The largest absolute Gasteiger partial charge is 0.393 e. The molecule has 1 aromatic rings. The molecule has 1 aromatic carbocycles. The zero-order valence-corrected chi connectivity index (χ0v) is 13.9. The van der Waals surface area contributed by atoms with Gasteiger partial charge in [0.2, 0.25) is 10.0 Å². The molecular weight excluding hydrogens is 324 g/mol. The van der Waals surface area contributed by atoms with Crippen LogP contribution >= 0.6 is 11.6 Å². The van der Waals surface area contributed by atoms with Crippen molar-refractivity contribution in [2.75, 3.05) is 13.6 Å². The lowest BCUT2D eigenvalue weighted by Crippen LogP contribution is -2.38. The summed E-state index contributed by atoms with van der Waals surface area (Å²) in [6.07, 6.45) is 3.01. The summed E-state index contributed by atoms with van der Waals surface area (Å²) >= 11 is 5.91. The number of sulfonamides is 1. The zero-order chi connectivity index (χ0) is 16.3. The van der Waals surface area contributed by atoms with Crippen molar-refractivity contribution in [1.29, 1.82) is 5.26 Å². The van der Waals surface area contributed by atoms with Crippen LogP contribution in [0.3, 0.4) is 0 Å². The molecule has 1 fully saturated rings. The van der Waals surface area contributed by atoms with Crippen LogP contribution in [0.1, 0.15) is 31.2 Å². The molecule has 0 aromatic heterocycles. The van der Waals surface area contributed by atoms with Crippen LogP contribution in [0.2, 0.25) is 5.02 Å². The number of hydrogen-bond acceptors (Lipinski definition) is 4. The molecule has 2 unspecified atom stereocenters. The van der Waals surface area contributed by atoms with E-state index in [1.807, 2.05) is 6.07 Å². The van der Waals surface area contributed by atoms with Gasteiger partial charge in [-0.1, -0.05) is 30.5 Å². The minimum absolute atomic E-state index is 0.0415. The predicted octanol–water partition coefficient (Wildman–Crippen LogP) is 2.38. The second kappa shape index (κ2) is 6.97. The number of aliphatic hydroxyl groups is 1. The molecule has 7 heteroatoms. The highest BCUT2D eigenvalue weighted by Gasteiger charge is 2.30. The van der Waals surface area contributed by atoms with Crippen LogP contribution in [0.5, 0.6) is 0 Å². The van der Waals surface area contributed by atoms with Crippen molar-refractivity contribution in [2.24, 2.45) is 5.92 Å². The Morgan fingerprint density at radius 3 is 2.73 bits per heavy atom. The number of nitriles is 1. The maximum atomic E-state index is 12.7. The number of aliphatic hydroxyl groups excluding tert-OH is 1. The van der Waals surface area contributed by atoms with Gasteiger partial charge in [-0.15, -0.1) is 0 Å². The molecule has 0 radical (unpaired) electrons. The van der Waals surface area contributed by atoms with Crippen molar-refractivity contribution < 1.29 is 13.5 Å². The van der Waals surface area contributed by atoms with E-state index >= 15 is 0 Å². The number of halogens is 1. The van der Waals surface area contributed by atoms with Gasteiger partial charge in [-0.25, -0.2) is 12.7 Å². The van der Waals surface area contributed by atoms with E-state index in [1.165, 1.54) is 29.6 Å².